The Bertz CT molecular complexity index is 560. The number of hydrogen-bond acceptors (Lipinski definition) is 1. The van der Waals surface area contributed by atoms with Crippen molar-refractivity contribution in [2.24, 2.45) is 5.92 Å². The molecule has 110 valence electrons. The van der Waals surface area contributed by atoms with Gasteiger partial charge in [0, 0.05) is 5.69 Å². The van der Waals surface area contributed by atoms with Crippen LogP contribution >= 0.6 is 0 Å². The summed E-state index contributed by atoms with van der Waals surface area (Å²) in [5.41, 5.74) is 10.8. The third-order valence-electron chi connectivity index (χ3n) is 4.85. The molecule has 0 atom stereocenters. The standard InChI is InChI=1S/C20H25N/c1-15-2-8-18(9-3-15)19-10-4-16(5-11-19)14-17-6-12-20(21)13-7-17/h4-7,10-13,15,18H,2-3,8-9,14,21H2,1H3. The highest BCUT2D eigenvalue weighted by Gasteiger charge is 2.19. The van der Waals surface area contributed by atoms with Crippen molar-refractivity contribution in [3.63, 3.8) is 0 Å². The maximum atomic E-state index is 5.73. The maximum absolute atomic E-state index is 5.73. The Morgan fingerprint density at radius 2 is 1.33 bits per heavy atom. The predicted molar refractivity (Wildman–Crippen MR) is 90.5 cm³/mol. The van der Waals surface area contributed by atoms with Crippen LogP contribution in [0.2, 0.25) is 0 Å². The highest BCUT2D eigenvalue weighted by Crippen LogP contribution is 2.35. The van der Waals surface area contributed by atoms with Gasteiger partial charge in [-0.2, -0.15) is 0 Å². The fourth-order valence-electron chi connectivity index (χ4n) is 3.37. The summed E-state index contributed by atoms with van der Waals surface area (Å²) in [6.07, 6.45) is 6.48. The lowest BCUT2D eigenvalue weighted by molar-refractivity contribution is 0.348. The van der Waals surface area contributed by atoms with E-state index < -0.39 is 0 Å². The van der Waals surface area contributed by atoms with Crippen molar-refractivity contribution in [1.29, 1.82) is 0 Å². The van der Waals surface area contributed by atoms with Crippen molar-refractivity contribution in [3.8, 4) is 0 Å². The van der Waals surface area contributed by atoms with E-state index in [-0.39, 0.29) is 0 Å². The number of nitrogens with two attached hydrogens (primary N) is 1. The second kappa shape index (κ2) is 6.34. The van der Waals surface area contributed by atoms with Crippen molar-refractivity contribution in [3.05, 3.63) is 65.2 Å². The number of rotatable bonds is 3. The van der Waals surface area contributed by atoms with Crippen molar-refractivity contribution in [1.82, 2.24) is 0 Å². The maximum Gasteiger partial charge on any atom is 0.0314 e. The summed E-state index contributed by atoms with van der Waals surface area (Å²) in [5.74, 6) is 1.71. The van der Waals surface area contributed by atoms with Crippen molar-refractivity contribution in [2.75, 3.05) is 5.73 Å². The van der Waals surface area contributed by atoms with E-state index >= 15 is 0 Å². The Hall–Kier alpha value is -1.76. The first-order chi connectivity index (χ1) is 10.2. The fraction of sp³-hybridized carbons (Fsp3) is 0.400. The van der Waals surface area contributed by atoms with Gasteiger partial charge < -0.3 is 5.73 Å². The third-order valence-corrected chi connectivity index (χ3v) is 4.85. The number of benzene rings is 2. The minimum absolute atomic E-state index is 0.784. The number of anilines is 1. The minimum atomic E-state index is 0.784. The zero-order chi connectivity index (χ0) is 14.7. The summed E-state index contributed by atoms with van der Waals surface area (Å²) in [7, 11) is 0. The van der Waals surface area contributed by atoms with Crippen molar-refractivity contribution >= 4 is 5.69 Å². The molecule has 3 rings (SSSR count). The number of hydrogen-bond donors (Lipinski definition) is 1. The Morgan fingerprint density at radius 1 is 0.810 bits per heavy atom. The molecule has 1 heteroatoms. The van der Waals surface area contributed by atoms with E-state index in [9.17, 15) is 0 Å². The SMILES string of the molecule is CC1CCC(c2ccc(Cc3ccc(N)cc3)cc2)CC1. The van der Waals surface area contributed by atoms with Crippen LogP contribution in [0.4, 0.5) is 5.69 Å². The highest BCUT2D eigenvalue weighted by atomic mass is 14.5. The molecule has 0 heterocycles. The van der Waals surface area contributed by atoms with Crippen LogP contribution in [0, 0.1) is 5.92 Å². The van der Waals surface area contributed by atoms with E-state index in [1.807, 2.05) is 12.1 Å². The summed E-state index contributed by atoms with van der Waals surface area (Å²) in [5, 5.41) is 0. The van der Waals surface area contributed by atoms with Crippen molar-refractivity contribution < 1.29 is 0 Å². The quantitative estimate of drug-likeness (QED) is 0.772. The molecule has 0 spiro atoms. The van der Waals surface area contributed by atoms with Gasteiger partial charge in [-0.3, -0.25) is 0 Å². The van der Waals surface area contributed by atoms with Crippen LogP contribution in [0.25, 0.3) is 0 Å². The molecule has 21 heavy (non-hydrogen) atoms. The van der Waals surface area contributed by atoms with Crippen LogP contribution in [-0.2, 0) is 6.42 Å². The Labute approximate surface area is 128 Å². The van der Waals surface area contributed by atoms with E-state index in [1.54, 1.807) is 0 Å². The smallest absolute Gasteiger partial charge is 0.0314 e. The van der Waals surface area contributed by atoms with Gasteiger partial charge in [0.25, 0.3) is 0 Å². The topological polar surface area (TPSA) is 26.0 Å². The lowest BCUT2D eigenvalue weighted by Crippen LogP contribution is -2.10. The second-order valence-corrected chi connectivity index (χ2v) is 6.62. The molecular weight excluding hydrogens is 254 g/mol. The van der Waals surface area contributed by atoms with Gasteiger partial charge in [-0.1, -0.05) is 56.2 Å². The fourth-order valence-corrected chi connectivity index (χ4v) is 3.37. The molecule has 0 radical (unpaired) electrons. The average Bonchev–Trinajstić information content (AvgIpc) is 2.51. The van der Waals surface area contributed by atoms with Gasteiger partial charge in [0.2, 0.25) is 0 Å². The Kier molecular flexibility index (Phi) is 4.28. The normalized spacial score (nSPS) is 22.1. The first-order valence-electron chi connectivity index (χ1n) is 8.14. The molecule has 2 N–H and O–H groups in total. The van der Waals surface area contributed by atoms with E-state index in [4.69, 9.17) is 5.73 Å². The molecule has 1 nitrogen and oxygen atoms in total. The van der Waals surface area contributed by atoms with Crippen molar-refractivity contribution in [2.45, 2.75) is 44.9 Å². The second-order valence-electron chi connectivity index (χ2n) is 6.62. The molecule has 0 aliphatic heterocycles. The largest absolute Gasteiger partial charge is 0.399 e. The summed E-state index contributed by atoms with van der Waals surface area (Å²) in [6, 6.07) is 17.5. The summed E-state index contributed by atoms with van der Waals surface area (Å²) in [6.45, 7) is 2.38. The molecule has 1 saturated carbocycles. The minimum Gasteiger partial charge on any atom is -0.399 e. The highest BCUT2D eigenvalue weighted by molar-refractivity contribution is 5.40. The van der Waals surface area contributed by atoms with Gasteiger partial charge in [-0.25, -0.2) is 0 Å². The van der Waals surface area contributed by atoms with Gasteiger partial charge >= 0.3 is 0 Å². The first kappa shape index (κ1) is 14.2. The van der Waals surface area contributed by atoms with E-state index in [0.717, 1.165) is 23.9 Å². The Balaban J connectivity index is 1.65. The molecule has 0 unspecified atom stereocenters. The van der Waals surface area contributed by atoms with Gasteiger partial charge in [-0.05, 0) is 59.9 Å². The lowest BCUT2D eigenvalue weighted by Gasteiger charge is -2.26. The van der Waals surface area contributed by atoms with Gasteiger partial charge in [0.15, 0.2) is 0 Å². The van der Waals surface area contributed by atoms with E-state index in [0.29, 0.717) is 0 Å². The summed E-state index contributed by atoms with van der Waals surface area (Å²) < 4.78 is 0. The Morgan fingerprint density at radius 3 is 1.90 bits per heavy atom. The predicted octanol–water partition coefficient (Wildman–Crippen LogP) is 5.15. The molecule has 0 aromatic heterocycles. The molecule has 2 aromatic carbocycles. The molecule has 0 bridgehead atoms. The molecule has 2 aromatic rings. The van der Waals surface area contributed by atoms with Crippen LogP contribution in [0.15, 0.2) is 48.5 Å². The van der Waals surface area contributed by atoms with E-state index in [2.05, 4.69) is 43.3 Å². The molecule has 1 aliphatic carbocycles. The van der Waals surface area contributed by atoms with Crippen LogP contribution in [0.5, 0.6) is 0 Å². The molecular formula is C20H25N. The van der Waals surface area contributed by atoms with Crippen LogP contribution in [-0.4, -0.2) is 0 Å². The van der Waals surface area contributed by atoms with E-state index in [1.165, 1.54) is 42.4 Å². The third kappa shape index (κ3) is 3.66. The monoisotopic (exact) mass is 279 g/mol. The lowest BCUT2D eigenvalue weighted by atomic mass is 9.79. The van der Waals surface area contributed by atoms with Crippen LogP contribution < -0.4 is 5.73 Å². The molecule has 0 saturated heterocycles. The van der Waals surface area contributed by atoms with Crippen LogP contribution in [0.1, 0.15) is 55.2 Å². The average molecular weight is 279 g/mol. The molecule has 1 fully saturated rings. The molecule has 1 aliphatic rings. The zero-order valence-corrected chi connectivity index (χ0v) is 12.9. The van der Waals surface area contributed by atoms with Gasteiger partial charge in [0.05, 0.1) is 0 Å². The number of nitrogen functional groups attached to an aromatic ring is 1. The summed E-state index contributed by atoms with van der Waals surface area (Å²) in [4.78, 5) is 0. The van der Waals surface area contributed by atoms with Gasteiger partial charge in [-0.15, -0.1) is 0 Å². The summed E-state index contributed by atoms with van der Waals surface area (Å²) >= 11 is 0. The van der Waals surface area contributed by atoms with Crippen LogP contribution in [0.3, 0.4) is 0 Å². The first-order valence-corrected chi connectivity index (χ1v) is 8.14. The van der Waals surface area contributed by atoms with Gasteiger partial charge in [0.1, 0.15) is 0 Å². The zero-order valence-electron chi connectivity index (χ0n) is 12.9. The molecule has 0 amide bonds.